The number of primary amides is 1. The number of hydrogen-bond donors (Lipinski definition) is 33. The lowest BCUT2D eigenvalue weighted by atomic mass is 10.0. The van der Waals surface area contributed by atoms with Crippen LogP contribution in [-0.2, 0) is 64.1 Å². The van der Waals surface area contributed by atoms with Gasteiger partial charge >= 0.3 is 5.97 Å². The minimum absolute atomic E-state index is 0.00389. The fourth-order valence-corrected chi connectivity index (χ4v) is 16.0. The average molecular weight is 1920 g/mol. The molecule has 0 aliphatic rings. The first-order valence-corrected chi connectivity index (χ1v) is 46.4. The summed E-state index contributed by atoms with van der Waals surface area (Å²) in [5.74, 6) is -13.6. The van der Waals surface area contributed by atoms with Crippen LogP contribution < -0.4 is 142 Å². The largest absolute Gasteiger partial charge is 0.480 e. The Hall–Kier alpha value is -13.3. The highest BCUT2D eigenvalue weighted by Gasteiger charge is 2.37. The third kappa shape index (κ3) is 42.7. The number of fused-ring (bicyclic) bond motifs is 1. The van der Waals surface area contributed by atoms with Crippen molar-refractivity contribution in [1.29, 1.82) is 32.5 Å². The third-order valence-corrected chi connectivity index (χ3v) is 23.2. The number of hydrogen-bond acceptors (Lipinski definition) is 28. The number of nitrogens with one attached hydrogen (secondary N) is 22. The quantitative estimate of drug-likeness (QED) is 0.00996. The molecule has 4 heterocycles. The van der Waals surface area contributed by atoms with Crippen LogP contribution in [-0.4, -0.2) is 255 Å². The zero-order valence-corrected chi connectivity index (χ0v) is 76.9. The molecule has 0 fully saturated rings. The van der Waals surface area contributed by atoms with Crippen molar-refractivity contribution >= 4 is 152 Å². The molecule has 5 rings (SSSR count). The minimum Gasteiger partial charge on any atom is -0.480 e. The maximum atomic E-state index is 14.9. The van der Waals surface area contributed by atoms with Crippen molar-refractivity contribution in [3.05, 3.63) is 48.0 Å². The summed E-state index contributed by atoms with van der Waals surface area (Å²) in [6, 6.07) is -2.70. The molecule has 0 aliphatic carbocycles. The molecule has 0 saturated heterocycles. The Morgan fingerprint density at radius 1 is 0.368 bits per heavy atom. The SMILES string of the molecule is N=C(N)NCCC[C@H](NC(=O)[C@H](CCCNC(=N)N)NC(=O)[C@H](CCCNC(=N)N)NC(=O)[C@H](CCC(N)=O)NC(=O)[C@H](CCCNC(=N)N)NC(=O)[C@H](CCCNC(=N)N)NC(=O)[C@H](CCCCN)NC(=O)[C@H](CCCCN)NC(=O)[C@@H](N)CCCNC(=N)N)C(=O)N[C@@H](CCCCNC(=O)CCCCn1cc(-c2ccc(-c3ccc(-c4cccs4)c4nsnc34)s2)nn1)C(=O)O. The molecule has 50 nitrogen and oxygen atoms in total. The molecule has 11 amide bonds. The predicted octanol–water partition coefficient (Wildman–Crippen LogP) is -4.26. The number of guanidine groups is 6. The summed E-state index contributed by atoms with van der Waals surface area (Å²) < 4.78 is 10.9. The summed E-state index contributed by atoms with van der Waals surface area (Å²) in [7, 11) is 0. The van der Waals surface area contributed by atoms with Crippen LogP contribution in [0.3, 0.4) is 0 Å². The molecule has 4 aromatic heterocycles. The number of thiophene rings is 2. The Balaban J connectivity index is 1.31. The smallest absolute Gasteiger partial charge is 0.326 e. The standard InChI is InChI=1S/C80H133N37O13S3/c81-33-5-1-17-48(104-65(120)47(83)16-9-36-98-75(85)86)66(121)105-49(18-2-6-34-82)67(122)106-50(20-10-37-99-76(87)88)68(123)108-53(23-13-40-102-79(93)94)71(126)111-55(29-32-61(84)118)73(128)110-52(22-12-39-101-78(91)92)70(125)107-51(21-11-38-100-77(89)90)69(124)109-54(24-14-41-103-80(95)96)72(127)112-56(74(129)130)19-3-7-35-97-62(119)26-4-8-42-117-44-57(113-116-117)60-31-30-59(132-60)46-28-27-45(58-25-15-43-131-58)63-64(46)115-133-114-63/h15,25,27-28,30-31,43-44,47-56H,1-14,16-24,26,29,32-42,81-83H2,(H2,84,118)(H,97,119)(H,104,120)(H,105,121)(H,106,122)(H,107,125)(H,108,123)(H,109,124)(H,110,128)(H,111,126)(H,112,127)(H,129,130)(H4,85,86,98)(H4,87,88,99)(H4,89,90,100)(H4,91,92,101)(H4,93,94,102)(H4,95,96,103)/t47-,48-,49-,50-,51-,52-,53-,54-,55-,56-/m0/s1. The fourth-order valence-electron chi connectivity index (χ4n) is 13.6. The minimum atomic E-state index is -1.77. The fraction of sp³-hybridized carbons (Fsp3) is 0.575. The first-order valence-electron chi connectivity index (χ1n) is 44.0. The second-order valence-corrected chi connectivity index (χ2v) is 34.0. The molecule has 53 heteroatoms. The molecule has 43 N–H and O–H groups in total. The summed E-state index contributed by atoms with van der Waals surface area (Å²) in [6.45, 7) is 1.23. The molecule has 734 valence electrons. The Kier molecular flexibility index (Phi) is 50.3. The molecule has 0 bridgehead atoms. The first kappa shape index (κ1) is 110. The van der Waals surface area contributed by atoms with Crippen molar-refractivity contribution in [3.8, 4) is 31.5 Å². The molecule has 1 aromatic carbocycles. The predicted molar refractivity (Wildman–Crippen MR) is 506 cm³/mol. The lowest BCUT2D eigenvalue weighted by Crippen LogP contribution is -2.60. The highest BCUT2D eigenvalue weighted by molar-refractivity contribution is 7.19. The number of amides is 11. The van der Waals surface area contributed by atoms with Gasteiger partial charge in [0.25, 0.3) is 0 Å². The van der Waals surface area contributed by atoms with E-state index in [-0.39, 0.29) is 180 Å². The maximum Gasteiger partial charge on any atom is 0.326 e. The van der Waals surface area contributed by atoms with Crippen LogP contribution in [0.25, 0.3) is 42.5 Å². The van der Waals surface area contributed by atoms with Crippen molar-refractivity contribution in [2.75, 3.05) is 58.9 Å². The van der Waals surface area contributed by atoms with Crippen LogP contribution in [0.2, 0.25) is 0 Å². The van der Waals surface area contributed by atoms with Crippen molar-refractivity contribution in [3.63, 3.8) is 0 Å². The van der Waals surface area contributed by atoms with Gasteiger partial charge in [0.1, 0.15) is 71.1 Å². The molecular weight excluding hydrogens is 1780 g/mol. The number of rotatable bonds is 67. The van der Waals surface area contributed by atoms with Gasteiger partial charge in [-0.05, 0) is 191 Å². The molecule has 0 spiro atoms. The highest BCUT2D eigenvalue weighted by Crippen LogP contribution is 2.40. The summed E-state index contributed by atoms with van der Waals surface area (Å²) in [4.78, 5) is 172. The first-order chi connectivity index (χ1) is 63.6. The van der Waals surface area contributed by atoms with Crippen LogP contribution in [0.1, 0.15) is 167 Å². The molecular formula is C80H133N37O13S3. The number of benzene rings is 1. The van der Waals surface area contributed by atoms with Crippen molar-refractivity contribution in [2.24, 2.45) is 57.3 Å². The maximum absolute atomic E-state index is 14.9. The van der Waals surface area contributed by atoms with Gasteiger partial charge in [-0.25, -0.2) is 4.79 Å². The van der Waals surface area contributed by atoms with E-state index in [0.717, 1.165) is 36.8 Å². The lowest BCUT2D eigenvalue weighted by molar-refractivity contribution is -0.142. The van der Waals surface area contributed by atoms with Gasteiger partial charge in [0, 0.05) is 86.1 Å². The monoisotopic (exact) mass is 1920 g/mol. The van der Waals surface area contributed by atoms with Gasteiger partial charge in [-0.15, -0.1) is 27.8 Å². The van der Waals surface area contributed by atoms with Crippen LogP contribution in [0.15, 0.2) is 48.0 Å². The van der Waals surface area contributed by atoms with Crippen LogP contribution in [0.5, 0.6) is 0 Å². The van der Waals surface area contributed by atoms with E-state index >= 15 is 0 Å². The average Bonchev–Trinajstić information content (AvgIpc) is 1.64. The lowest BCUT2D eigenvalue weighted by Gasteiger charge is -2.28. The van der Waals surface area contributed by atoms with Crippen molar-refractivity contribution in [2.45, 2.75) is 234 Å². The molecule has 0 aliphatic heterocycles. The zero-order valence-electron chi connectivity index (χ0n) is 74.4. The van der Waals surface area contributed by atoms with Crippen molar-refractivity contribution in [1.82, 2.24) is 109 Å². The number of aromatic nitrogens is 5. The third-order valence-electron chi connectivity index (χ3n) is 20.7. The van der Waals surface area contributed by atoms with Crippen LogP contribution in [0, 0.1) is 32.5 Å². The van der Waals surface area contributed by atoms with Crippen LogP contribution >= 0.6 is 34.4 Å². The Labute approximate surface area is 781 Å². The van der Waals surface area contributed by atoms with E-state index in [2.05, 4.69) is 122 Å². The number of nitrogens with zero attached hydrogens (tertiary/aromatic N) is 5. The van der Waals surface area contributed by atoms with Gasteiger partial charge in [0.15, 0.2) is 35.8 Å². The number of carboxylic acid groups (broad SMARTS) is 1. The number of nitrogens with two attached hydrogens (primary N) is 10. The molecule has 0 saturated carbocycles. The van der Waals surface area contributed by atoms with E-state index in [1.807, 2.05) is 29.8 Å². The van der Waals surface area contributed by atoms with Crippen molar-refractivity contribution < 1.29 is 62.6 Å². The van der Waals surface area contributed by atoms with Gasteiger partial charge in [-0.3, -0.25) is 89.9 Å². The number of carbonyl (C=O) groups excluding carboxylic acids is 11. The Morgan fingerprint density at radius 3 is 1.08 bits per heavy atom. The number of carboxylic acids is 1. The van der Waals surface area contributed by atoms with E-state index in [4.69, 9.17) is 89.8 Å². The van der Waals surface area contributed by atoms with Crippen LogP contribution in [0.4, 0.5) is 0 Å². The zero-order chi connectivity index (χ0) is 97.7. The number of carbonyl (C=O) groups is 12. The second-order valence-electron chi connectivity index (χ2n) is 31.4. The molecule has 0 unspecified atom stereocenters. The summed E-state index contributed by atoms with van der Waals surface area (Å²) in [5.41, 5.74) is 61.0. The molecule has 0 radical (unpaired) electrons. The number of aliphatic carboxylic acids is 1. The molecule has 10 atom stereocenters. The van der Waals surface area contributed by atoms with Gasteiger partial charge in [-0.1, -0.05) is 23.4 Å². The van der Waals surface area contributed by atoms with Gasteiger partial charge in [0.2, 0.25) is 65.0 Å². The van der Waals surface area contributed by atoms with Gasteiger partial charge in [0.05, 0.1) is 28.8 Å². The van der Waals surface area contributed by atoms with E-state index in [1.54, 1.807) is 27.4 Å². The second kappa shape index (κ2) is 60.6. The number of aryl methyl sites for hydroxylation is 1. The van der Waals surface area contributed by atoms with E-state index in [1.165, 1.54) is 11.7 Å². The summed E-state index contributed by atoms with van der Waals surface area (Å²) in [5, 5.41) is 109. The highest BCUT2D eigenvalue weighted by atomic mass is 32.1. The molecule has 133 heavy (non-hydrogen) atoms. The van der Waals surface area contributed by atoms with E-state index < -0.39 is 168 Å². The number of unbranched alkanes of at least 4 members (excludes halogenated alkanes) is 4. The summed E-state index contributed by atoms with van der Waals surface area (Å²) in [6.07, 6.45) is 3.37. The molecule has 5 aromatic rings. The van der Waals surface area contributed by atoms with Gasteiger partial charge in [-0.2, -0.15) is 8.75 Å². The van der Waals surface area contributed by atoms with E-state index in [0.29, 0.717) is 57.2 Å². The Morgan fingerprint density at radius 2 is 0.707 bits per heavy atom. The van der Waals surface area contributed by atoms with Gasteiger partial charge < -0.3 is 148 Å². The summed E-state index contributed by atoms with van der Waals surface area (Å²) >= 11 is 4.38. The topological polar surface area (TPSA) is 877 Å². The Bertz CT molecular complexity index is 4650. The van der Waals surface area contributed by atoms with E-state index in [9.17, 15) is 62.6 Å². The normalized spacial score (nSPS) is 13.3.